The zero-order chi connectivity index (χ0) is 12.1. The highest BCUT2D eigenvalue weighted by Gasteiger charge is 1.98. The molecule has 0 bridgehead atoms. The van der Waals surface area contributed by atoms with Crippen molar-refractivity contribution in [2.24, 2.45) is 0 Å². The van der Waals surface area contributed by atoms with Gasteiger partial charge in [0.05, 0.1) is 5.69 Å². The Labute approximate surface area is 101 Å². The number of hydrogen-bond donors (Lipinski definition) is 1. The lowest BCUT2D eigenvalue weighted by atomic mass is 10.2. The smallest absolute Gasteiger partial charge is 0.130 e. The van der Waals surface area contributed by atoms with Crippen molar-refractivity contribution < 1.29 is 4.74 Å². The summed E-state index contributed by atoms with van der Waals surface area (Å²) in [6, 6.07) is 11.7. The average molecular weight is 228 g/mol. The van der Waals surface area contributed by atoms with Crippen molar-refractivity contribution in [3.8, 4) is 5.75 Å². The van der Waals surface area contributed by atoms with Gasteiger partial charge in [0.25, 0.3) is 0 Å². The van der Waals surface area contributed by atoms with Crippen LogP contribution in [0.3, 0.4) is 0 Å². The van der Waals surface area contributed by atoms with Gasteiger partial charge in [-0.2, -0.15) is 0 Å². The molecule has 0 fully saturated rings. The second kappa shape index (κ2) is 5.34. The van der Waals surface area contributed by atoms with Gasteiger partial charge in [-0.1, -0.05) is 19.1 Å². The molecule has 3 nitrogen and oxygen atoms in total. The number of nitrogens with zero attached hydrogens (tertiary/aromatic N) is 1. The lowest BCUT2D eigenvalue weighted by Crippen LogP contribution is -1.99. The summed E-state index contributed by atoms with van der Waals surface area (Å²) in [7, 11) is 0. The number of benzene rings is 1. The van der Waals surface area contributed by atoms with Crippen molar-refractivity contribution in [1.29, 1.82) is 0 Å². The monoisotopic (exact) mass is 228 g/mol. The Morgan fingerprint density at radius 2 is 2.12 bits per heavy atom. The Morgan fingerprint density at radius 3 is 2.88 bits per heavy atom. The first-order valence-electron chi connectivity index (χ1n) is 5.70. The molecule has 0 atom stereocenters. The molecule has 0 amide bonds. The molecule has 1 aromatic carbocycles. The molecule has 2 N–H and O–H groups in total. The molecule has 0 aliphatic heterocycles. The van der Waals surface area contributed by atoms with E-state index in [-0.39, 0.29) is 0 Å². The van der Waals surface area contributed by atoms with E-state index in [0.29, 0.717) is 12.3 Å². The van der Waals surface area contributed by atoms with Crippen molar-refractivity contribution >= 4 is 5.69 Å². The van der Waals surface area contributed by atoms with Crippen LogP contribution in [0.25, 0.3) is 0 Å². The number of ether oxygens (including phenoxy) is 1. The molecule has 1 heterocycles. The summed E-state index contributed by atoms with van der Waals surface area (Å²) in [5, 5.41) is 0. The van der Waals surface area contributed by atoms with Gasteiger partial charge in [-0.05, 0) is 36.2 Å². The van der Waals surface area contributed by atoms with E-state index in [4.69, 9.17) is 10.5 Å². The van der Waals surface area contributed by atoms with Crippen LogP contribution in [0.2, 0.25) is 0 Å². The zero-order valence-electron chi connectivity index (χ0n) is 9.89. The van der Waals surface area contributed by atoms with E-state index in [2.05, 4.69) is 18.0 Å². The molecule has 0 aliphatic rings. The van der Waals surface area contributed by atoms with Gasteiger partial charge in [-0.3, -0.25) is 4.98 Å². The van der Waals surface area contributed by atoms with Crippen molar-refractivity contribution in [2.75, 3.05) is 5.73 Å². The number of nitrogens with two attached hydrogens (primary N) is 1. The van der Waals surface area contributed by atoms with Gasteiger partial charge in [0, 0.05) is 11.9 Å². The topological polar surface area (TPSA) is 48.1 Å². The van der Waals surface area contributed by atoms with Crippen LogP contribution in [0.4, 0.5) is 5.69 Å². The van der Waals surface area contributed by atoms with Crippen LogP contribution in [0.15, 0.2) is 42.6 Å². The quantitative estimate of drug-likeness (QED) is 0.875. The number of nitrogen functional groups attached to an aromatic ring is 1. The SMILES string of the molecule is CCc1cccc(OCc2cc(N)ccn2)c1. The van der Waals surface area contributed by atoms with Crippen LogP contribution in [0, 0.1) is 0 Å². The maximum absolute atomic E-state index is 5.68. The predicted octanol–water partition coefficient (Wildman–Crippen LogP) is 2.81. The number of rotatable bonds is 4. The van der Waals surface area contributed by atoms with E-state index in [9.17, 15) is 0 Å². The third-order valence-corrected chi connectivity index (χ3v) is 2.53. The lowest BCUT2D eigenvalue weighted by Gasteiger charge is -2.07. The molecule has 2 rings (SSSR count). The zero-order valence-corrected chi connectivity index (χ0v) is 9.89. The van der Waals surface area contributed by atoms with E-state index in [1.807, 2.05) is 24.3 Å². The summed E-state index contributed by atoms with van der Waals surface area (Å²) < 4.78 is 5.67. The Kier molecular flexibility index (Phi) is 3.60. The third-order valence-electron chi connectivity index (χ3n) is 2.53. The molecular weight excluding hydrogens is 212 g/mol. The standard InChI is InChI=1S/C14H16N2O/c1-2-11-4-3-5-14(8-11)17-10-13-9-12(15)6-7-16-13/h3-9H,2,10H2,1H3,(H2,15,16). The van der Waals surface area contributed by atoms with E-state index in [1.54, 1.807) is 12.3 Å². The van der Waals surface area contributed by atoms with E-state index in [1.165, 1.54) is 5.56 Å². The minimum Gasteiger partial charge on any atom is -0.487 e. The highest BCUT2D eigenvalue weighted by atomic mass is 16.5. The normalized spacial score (nSPS) is 10.2. The fraction of sp³-hybridized carbons (Fsp3) is 0.214. The highest BCUT2D eigenvalue weighted by Crippen LogP contribution is 2.15. The van der Waals surface area contributed by atoms with Gasteiger partial charge in [0.2, 0.25) is 0 Å². The molecule has 0 saturated carbocycles. The summed E-state index contributed by atoms with van der Waals surface area (Å²) >= 11 is 0. The Morgan fingerprint density at radius 1 is 1.24 bits per heavy atom. The third kappa shape index (κ3) is 3.21. The minimum absolute atomic E-state index is 0.443. The number of aryl methyl sites for hydroxylation is 1. The fourth-order valence-electron chi connectivity index (χ4n) is 1.59. The van der Waals surface area contributed by atoms with Gasteiger partial charge in [-0.15, -0.1) is 0 Å². The van der Waals surface area contributed by atoms with Gasteiger partial charge < -0.3 is 10.5 Å². The van der Waals surface area contributed by atoms with Crippen molar-refractivity contribution in [1.82, 2.24) is 4.98 Å². The van der Waals surface area contributed by atoms with Crippen molar-refractivity contribution in [3.05, 3.63) is 53.9 Å². The van der Waals surface area contributed by atoms with Crippen LogP contribution in [0.5, 0.6) is 5.75 Å². The maximum atomic E-state index is 5.68. The van der Waals surface area contributed by atoms with Crippen molar-refractivity contribution in [2.45, 2.75) is 20.0 Å². The summed E-state index contributed by atoms with van der Waals surface area (Å²) in [5.41, 5.74) is 8.49. The Hall–Kier alpha value is -2.03. The summed E-state index contributed by atoms with van der Waals surface area (Å²) in [6.07, 6.45) is 2.70. The van der Waals surface area contributed by atoms with Crippen LogP contribution in [-0.4, -0.2) is 4.98 Å². The predicted molar refractivity (Wildman–Crippen MR) is 68.8 cm³/mol. The summed E-state index contributed by atoms with van der Waals surface area (Å²) in [4.78, 5) is 4.19. The second-order valence-corrected chi connectivity index (χ2v) is 3.87. The molecule has 17 heavy (non-hydrogen) atoms. The van der Waals surface area contributed by atoms with E-state index < -0.39 is 0 Å². The van der Waals surface area contributed by atoms with Crippen molar-refractivity contribution in [3.63, 3.8) is 0 Å². The minimum atomic E-state index is 0.443. The van der Waals surface area contributed by atoms with E-state index >= 15 is 0 Å². The molecule has 2 aromatic rings. The molecule has 0 saturated heterocycles. The van der Waals surface area contributed by atoms with Gasteiger partial charge >= 0.3 is 0 Å². The second-order valence-electron chi connectivity index (χ2n) is 3.87. The molecule has 3 heteroatoms. The number of hydrogen-bond acceptors (Lipinski definition) is 3. The Bertz CT molecular complexity index is 497. The number of pyridine rings is 1. The molecule has 88 valence electrons. The highest BCUT2D eigenvalue weighted by molar-refractivity contribution is 5.37. The maximum Gasteiger partial charge on any atom is 0.130 e. The van der Waals surface area contributed by atoms with E-state index in [0.717, 1.165) is 17.9 Å². The molecular formula is C14H16N2O. The molecule has 1 aromatic heterocycles. The van der Waals surface area contributed by atoms with Gasteiger partial charge in [0.1, 0.15) is 12.4 Å². The Balaban J connectivity index is 2.02. The van der Waals surface area contributed by atoms with Crippen LogP contribution >= 0.6 is 0 Å². The largest absolute Gasteiger partial charge is 0.487 e. The summed E-state index contributed by atoms with van der Waals surface area (Å²) in [6.45, 7) is 2.57. The number of aromatic nitrogens is 1. The van der Waals surface area contributed by atoms with Crippen LogP contribution in [0.1, 0.15) is 18.2 Å². The lowest BCUT2D eigenvalue weighted by molar-refractivity contribution is 0.301. The number of anilines is 1. The molecule has 0 spiro atoms. The molecule has 0 unspecified atom stereocenters. The van der Waals surface area contributed by atoms with Crippen LogP contribution in [-0.2, 0) is 13.0 Å². The fourth-order valence-corrected chi connectivity index (χ4v) is 1.59. The van der Waals surface area contributed by atoms with Crippen LogP contribution < -0.4 is 10.5 Å². The van der Waals surface area contributed by atoms with Gasteiger partial charge in [0.15, 0.2) is 0 Å². The summed E-state index contributed by atoms with van der Waals surface area (Å²) in [5.74, 6) is 0.869. The first kappa shape index (κ1) is 11.5. The average Bonchev–Trinajstić information content (AvgIpc) is 2.37. The molecule has 0 radical (unpaired) electrons. The first-order chi connectivity index (χ1) is 8.28. The molecule has 0 aliphatic carbocycles. The first-order valence-corrected chi connectivity index (χ1v) is 5.70. The van der Waals surface area contributed by atoms with Gasteiger partial charge in [-0.25, -0.2) is 0 Å².